The number of aliphatic hydroxyl groups is 1. The highest BCUT2D eigenvalue weighted by Gasteiger charge is 2.48. The van der Waals surface area contributed by atoms with Crippen LogP contribution in [0.25, 0.3) is 16.0 Å². The molecule has 3 aromatic carbocycles. The molecular weight excluding hydrogens is 568 g/mol. The Kier molecular flexibility index (Phi) is 7.94. The standard InChI is InChI=1S/C33H32N2O7S/c1-4-39-23-9-10-24-27(18-23)43-33(34-24)35-29(20-6-5-7-22(16-20)40-13-12-19(2)3)28(31(37)32(35)38)30(36)21-8-11-25-26(17-21)42-15-14-41-25/h5-11,16-19,29,36H,4,12-15H2,1-3H3/t29-/m1/s1. The van der Waals surface area contributed by atoms with Crippen LogP contribution in [-0.2, 0) is 9.59 Å². The summed E-state index contributed by atoms with van der Waals surface area (Å²) in [6, 6.07) is 16.8. The molecule has 1 N–H and O–H groups in total. The summed E-state index contributed by atoms with van der Waals surface area (Å²) < 4.78 is 23.8. The fraction of sp³-hybridized carbons (Fsp3) is 0.303. The van der Waals surface area contributed by atoms with Gasteiger partial charge < -0.3 is 24.1 Å². The molecule has 10 heteroatoms. The van der Waals surface area contributed by atoms with Gasteiger partial charge in [-0.05, 0) is 73.4 Å². The highest BCUT2D eigenvalue weighted by molar-refractivity contribution is 7.22. The zero-order valence-corrected chi connectivity index (χ0v) is 25.0. The maximum Gasteiger partial charge on any atom is 0.301 e. The second kappa shape index (κ2) is 12.0. The summed E-state index contributed by atoms with van der Waals surface area (Å²) in [5.41, 5.74) is 1.56. The minimum Gasteiger partial charge on any atom is -0.507 e. The predicted octanol–water partition coefficient (Wildman–Crippen LogP) is 6.52. The lowest BCUT2D eigenvalue weighted by atomic mass is 9.95. The molecule has 0 aliphatic carbocycles. The lowest BCUT2D eigenvalue weighted by molar-refractivity contribution is -0.132. The maximum absolute atomic E-state index is 13.7. The molecule has 1 saturated heterocycles. The Bertz CT molecular complexity index is 1730. The van der Waals surface area contributed by atoms with Crippen molar-refractivity contribution in [2.75, 3.05) is 31.3 Å². The molecule has 1 aromatic heterocycles. The molecule has 9 nitrogen and oxygen atoms in total. The van der Waals surface area contributed by atoms with Crippen LogP contribution in [0.4, 0.5) is 5.13 Å². The topological polar surface area (TPSA) is 107 Å². The van der Waals surface area contributed by atoms with Crippen LogP contribution in [0.5, 0.6) is 23.0 Å². The normalized spacial score (nSPS) is 17.6. The Morgan fingerprint density at radius 3 is 2.60 bits per heavy atom. The first-order chi connectivity index (χ1) is 20.8. The summed E-state index contributed by atoms with van der Waals surface area (Å²) >= 11 is 1.28. The van der Waals surface area contributed by atoms with Crippen LogP contribution >= 0.6 is 11.3 Å². The monoisotopic (exact) mass is 600 g/mol. The number of ketones is 1. The second-order valence-corrected chi connectivity index (χ2v) is 11.7. The number of aliphatic hydroxyl groups excluding tert-OH is 1. The molecule has 6 rings (SSSR count). The molecule has 0 spiro atoms. The van der Waals surface area contributed by atoms with Crippen LogP contribution in [0.3, 0.4) is 0 Å². The van der Waals surface area contributed by atoms with Crippen molar-refractivity contribution in [3.05, 3.63) is 77.4 Å². The molecule has 43 heavy (non-hydrogen) atoms. The molecule has 4 aromatic rings. The van der Waals surface area contributed by atoms with Crippen molar-refractivity contribution in [3.63, 3.8) is 0 Å². The molecule has 1 amide bonds. The summed E-state index contributed by atoms with van der Waals surface area (Å²) in [4.78, 5) is 33.5. The quantitative estimate of drug-likeness (QED) is 0.132. The molecule has 2 aliphatic heterocycles. The number of Topliss-reactive ketones (excluding diaryl/α,β-unsaturated/α-hetero) is 1. The first kappa shape index (κ1) is 28.5. The van der Waals surface area contributed by atoms with E-state index >= 15 is 0 Å². The lowest BCUT2D eigenvalue weighted by Crippen LogP contribution is -2.29. The van der Waals surface area contributed by atoms with Gasteiger partial charge in [0.1, 0.15) is 30.5 Å². The highest BCUT2D eigenvalue weighted by atomic mass is 32.1. The van der Waals surface area contributed by atoms with Crippen LogP contribution in [0.1, 0.15) is 44.4 Å². The van der Waals surface area contributed by atoms with E-state index in [0.29, 0.717) is 77.1 Å². The third-order valence-electron chi connectivity index (χ3n) is 7.26. The van der Waals surface area contributed by atoms with E-state index in [-0.39, 0.29) is 11.3 Å². The van der Waals surface area contributed by atoms with Gasteiger partial charge in [-0.25, -0.2) is 4.98 Å². The van der Waals surface area contributed by atoms with Crippen molar-refractivity contribution in [2.45, 2.75) is 33.2 Å². The number of fused-ring (bicyclic) bond motifs is 2. The molecule has 222 valence electrons. The summed E-state index contributed by atoms with van der Waals surface area (Å²) in [5.74, 6) is 0.876. The van der Waals surface area contributed by atoms with Crippen molar-refractivity contribution in [1.82, 2.24) is 4.98 Å². The van der Waals surface area contributed by atoms with Crippen LogP contribution in [0, 0.1) is 5.92 Å². The van der Waals surface area contributed by atoms with Gasteiger partial charge in [0.2, 0.25) is 0 Å². The van der Waals surface area contributed by atoms with Crippen molar-refractivity contribution in [2.24, 2.45) is 5.92 Å². The highest BCUT2D eigenvalue weighted by Crippen LogP contribution is 2.46. The van der Waals surface area contributed by atoms with Gasteiger partial charge in [-0.1, -0.05) is 37.3 Å². The smallest absolute Gasteiger partial charge is 0.301 e. The Hall–Kier alpha value is -4.57. The van der Waals surface area contributed by atoms with E-state index in [0.717, 1.165) is 11.1 Å². The third kappa shape index (κ3) is 5.62. The van der Waals surface area contributed by atoms with E-state index in [4.69, 9.17) is 23.9 Å². The van der Waals surface area contributed by atoms with Crippen molar-refractivity contribution >= 4 is 44.1 Å². The minimum atomic E-state index is -0.950. The molecule has 0 unspecified atom stereocenters. The number of amides is 1. The number of thiazole rings is 1. The summed E-state index contributed by atoms with van der Waals surface area (Å²) in [6.45, 7) is 7.99. The Balaban J connectivity index is 1.47. The number of hydrogen-bond donors (Lipinski definition) is 1. The van der Waals surface area contributed by atoms with E-state index in [1.807, 2.05) is 49.4 Å². The van der Waals surface area contributed by atoms with Gasteiger partial charge in [0.25, 0.3) is 5.78 Å². The second-order valence-electron chi connectivity index (χ2n) is 10.7. The first-order valence-corrected chi connectivity index (χ1v) is 15.1. The van der Waals surface area contributed by atoms with Gasteiger partial charge in [-0.2, -0.15) is 0 Å². The van der Waals surface area contributed by atoms with Gasteiger partial charge >= 0.3 is 5.91 Å². The van der Waals surface area contributed by atoms with Gasteiger partial charge in [0.05, 0.1) is 35.0 Å². The molecule has 0 radical (unpaired) electrons. The summed E-state index contributed by atoms with van der Waals surface area (Å²) in [6.07, 6.45) is 0.877. The zero-order valence-electron chi connectivity index (χ0n) is 24.2. The van der Waals surface area contributed by atoms with E-state index in [9.17, 15) is 14.7 Å². The van der Waals surface area contributed by atoms with E-state index in [1.165, 1.54) is 16.2 Å². The Labute approximate surface area is 253 Å². The maximum atomic E-state index is 13.7. The average Bonchev–Trinajstić information content (AvgIpc) is 3.54. The molecule has 1 atom stereocenters. The van der Waals surface area contributed by atoms with Crippen LogP contribution in [-0.4, -0.2) is 48.2 Å². The molecule has 0 saturated carbocycles. The number of rotatable bonds is 9. The first-order valence-electron chi connectivity index (χ1n) is 14.3. The van der Waals surface area contributed by atoms with E-state index in [2.05, 4.69) is 13.8 Å². The number of carbonyl (C=O) groups is 2. The number of carbonyl (C=O) groups excluding carboxylic acids is 2. The van der Waals surface area contributed by atoms with E-state index < -0.39 is 17.7 Å². The Morgan fingerprint density at radius 2 is 1.81 bits per heavy atom. The molecular formula is C33H32N2O7S. The fourth-order valence-electron chi connectivity index (χ4n) is 5.13. The fourth-order valence-corrected chi connectivity index (χ4v) is 6.15. The number of benzene rings is 3. The number of anilines is 1. The van der Waals surface area contributed by atoms with Crippen LogP contribution < -0.4 is 23.8 Å². The van der Waals surface area contributed by atoms with Crippen molar-refractivity contribution < 1.29 is 33.6 Å². The molecule has 3 heterocycles. The summed E-state index contributed by atoms with van der Waals surface area (Å²) in [7, 11) is 0. The average molecular weight is 601 g/mol. The minimum absolute atomic E-state index is 0.0460. The lowest BCUT2D eigenvalue weighted by Gasteiger charge is -2.24. The zero-order chi connectivity index (χ0) is 30.1. The van der Waals surface area contributed by atoms with Crippen LogP contribution in [0.15, 0.2) is 66.2 Å². The number of ether oxygens (including phenoxy) is 4. The number of hydrogen-bond acceptors (Lipinski definition) is 9. The number of aromatic nitrogens is 1. The van der Waals surface area contributed by atoms with Gasteiger partial charge in [0, 0.05) is 5.56 Å². The van der Waals surface area contributed by atoms with Crippen molar-refractivity contribution in [3.8, 4) is 23.0 Å². The van der Waals surface area contributed by atoms with Gasteiger partial charge in [-0.15, -0.1) is 0 Å². The summed E-state index contributed by atoms with van der Waals surface area (Å²) in [5, 5.41) is 12.0. The van der Waals surface area contributed by atoms with Gasteiger partial charge in [0.15, 0.2) is 16.6 Å². The molecule has 0 bridgehead atoms. The Morgan fingerprint density at radius 1 is 1.02 bits per heavy atom. The molecule has 2 aliphatic rings. The third-order valence-corrected chi connectivity index (χ3v) is 8.28. The molecule has 1 fully saturated rings. The predicted molar refractivity (Wildman–Crippen MR) is 164 cm³/mol. The van der Waals surface area contributed by atoms with Gasteiger partial charge in [-0.3, -0.25) is 14.5 Å². The van der Waals surface area contributed by atoms with Crippen molar-refractivity contribution in [1.29, 1.82) is 0 Å². The van der Waals surface area contributed by atoms with Crippen LogP contribution in [0.2, 0.25) is 0 Å². The van der Waals surface area contributed by atoms with E-state index in [1.54, 1.807) is 18.2 Å². The number of nitrogens with zero attached hydrogens (tertiary/aromatic N) is 2. The largest absolute Gasteiger partial charge is 0.507 e. The SMILES string of the molecule is CCOc1ccc2nc(N3C(=O)C(=O)C(=C(O)c4ccc5c(c4)OCCO5)[C@H]3c3cccc(OCCC(C)C)c3)sc2c1.